The third-order valence-electron chi connectivity index (χ3n) is 4.56. The second-order valence-electron chi connectivity index (χ2n) is 6.89. The molecular formula is C22H20Br2ClN3O3S. The van der Waals surface area contributed by atoms with Crippen LogP contribution in [0, 0.1) is 6.92 Å². The zero-order valence-corrected chi connectivity index (χ0v) is 22.1. The van der Waals surface area contributed by atoms with Crippen molar-refractivity contribution in [1.29, 1.82) is 0 Å². The van der Waals surface area contributed by atoms with Gasteiger partial charge < -0.3 is 15.0 Å². The molecule has 0 bridgehead atoms. The number of thiazole rings is 1. The molecule has 1 aromatic heterocycles. The zero-order valence-electron chi connectivity index (χ0n) is 17.3. The van der Waals surface area contributed by atoms with E-state index in [1.54, 1.807) is 19.2 Å². The summed E-state index contributed by atoms with van der Waals surface area (Å²) in [5, 5.41) is 5.76. The number of benzene rings is 2. The van der Waals surface area contributed by atoms with E-state index in [-0.39, 0.29) is 13.1 Å². The molecule has 0 aliphatic heterocycles. The first-order chi connectivity index (χ1) is 15.3. The van der Waals surface area contributed by atoms with E-state index in [1.807, 2.05) is 36.6 Å². The van der Waals surface area contributed by atoms with Gasteiger partial charge in [-0.05, 0) is 52.7 Å². The molecule has 0 fully saturated rings. The molecule has 0 aliphatic carbocycles. The first kappa shape index (κ1) is 24.9. The predicted octanol–water partition coefficient (Wildman–Crippen LogP) is 5.91. The Morgan fingerprint density at radius 1 is 1.25 bits per heavy atom. The molecule has 1 N–H and O–H groups in total. The lowest BCUT2D eigenvalue weighted by Gasteiger charge is -2.21. The van der Waals surface area contributed by atoms with Crippen LogP contribution in [0.25, 0.3) is 11.3 Å². The first-order valence-corrected chi connectivity index (χ1v) is 12.4. The SMILES string of the molecule is COCCN(Cc1nc(-c2cccc(Br)c2)cs1)C(=O)C(=O)Nc1cc(Cl)c(Br)cc1C. The van der Waals surface area contributed by atoms with Crippen LogP contribution in [0.5, 0.6) is 0 Å². The Kier molecular flexibility index (Phi) is 8.84. The fourth-order valence-electron chi connectivity index (χ4n) is 2.88. The van der Waals surface area contributed by atoms with Crippen LogP contribution in [-0.2, 0) is 20.9 Å². The molecule has 1 heterocycles. The van der Waals surface area contributed by atoms with Gasteiger partial charge in [0.25, 0.3) is 0 Å². The fraction of sp³-hybridized carbons (Fsp3) is 0.227. The van der Waals surface area contributed by atoms with Crippen molar-refractivity contribution >= 4 is 72.3 Å². The standard InChI is InChI=1S/C22H20Br2ClN3O3S/c1-13-8-16(24)17(25)10-18(13)27-21(29)22(30)28(6-7-31-2)11-20-26-19(12-32-20)14-4-3-5-15(23)9-14/h3-5,8-10,12H,6-7,11H2,1-2H3,(H,27,29). The number of ether oxygens (including phenoxy) is 1. The van der Waals surface area contributed by atoms with Gasteiger partial charge >= 0.3 is 11.8 Å². The monoisotopic (exact) mass is 599 g/mol. The molecule has 0 unspecified atom stereocenters. The lowest BCUT2D eigenvalue weighted by atomic mass is 10.2. The minimum Gasteiger partial charge on any atom is -0.383 e. The van der Waals surface area contributed by atoms with Crippen LogP contribution in [0.3, 0.4) is 0 Å². The predicted molar refractivity (Wildman–Crippen MR) is 135 cm³/mol. The number of amides is 2. The molecule has 0 spiro atoms. The normalized spacial score (nSPS) is 10.8. The summed E-state index contributed by atoms with van der Waals surface area (Å²) in [7, 11) is 1.55. The number of nitrogens with zero attached hydrogens (tertiary/aromatic N) is 2. The summed E-state index contributed by atoms with van der Waals surface area (Å²) in [5.41, 5.74) is 3.05. The van der Waals surface area contributed by atoms with Gasteiger partial charge in [-0.1, -0.05) is 39.7 Å². The minimum absolute atomic E-state index is 0.203. The Hall–Kier alpha value is -1.78. The number of hydrogen-bond acceptors (Lipinski definition) is 5. The maximum Gasteiger partial charge on any atom is 0.313 e. The summed E-state index contributed by atoms with van der Waals surface area (Å²) in [6, 6.07) is 11.2. The van der Waals surface area contributed by atoms with E-state index >= 15 is 0 Å². The molecule has 3 rings (SSSR count). The van der Waals surface area contributed by atoms with Gasteiger partial charge in [0.15, 0.2) is 0 Å². The maximum atomic E-state index is 12.9. The van der Waals surface area contributed by atoms with Crippen molar-refractivity contribution in [1.82, 2.24) is 9.88 Å². The Labute approximate surface area is 212 Å². The summed E-state index contributed by atoms with van der Waals surface area (Å²) >= 11 is 14.4. The summed E-state index contributed by atoms with van der Waals surface area (Å²) in [5.74, 6) is -1.41. The van der Waals surface area contributed by atoms with Crippen LogP contribution in [0.15, 0.2) is 50.7 Å². The second kappa shape index (κ2) is 11.4. The third kappa shape index (κ3) is 6.39. The molecule has 0 aliphatic rings. The van der Waals surface area contributed by atoms with E-state index in [9.17, 15) is 9.59 Å². The second-order valence-corrected chi connectivity index (χ2v) is 10.0. The number of anilines is 1. The summed E-state index contributed by atoms with van der Waals surface area (Å²) < 4.78 is 6.80. The average Bonchev–Trinajstić information content (AvgIpc) is 3.23. The Balaban J connectivity index is 1.75. The van der Waals surface area contributed by atoms with E-state index in [4.69, 9.17) is 16.3 Å². The molecule has 0 atom stereocenters. The van der Waals surface area contributed by atoms with Crippen LogP contribution in [-0.4, -0.2) is 42.0 Å². The minimum atomic E-state index is -0.744. The number of carbonyl (C=O) groups excluding carboxylic acids is 2. The first-order valence-electron chi connectivity index (χ1n) is 9.53. The fourth-order valence-corrected chi connectivity index (χ4v) is 4.72. The lowest BCUT2D eigenvalue weighted by molar-refractivity contribution is -0.144. The molecule has 0 saturated heterocycles. The summed E-state index contributed by atoms with van der Waals surface area (Å²) in [4.78, 5) is 31.7. The molecule has 32 heavy (non-hydrogen) atoms. The van der Waals surface area contributed by atoms with Gasteiger partial charge in [-0.25, -0.2) is 4.98 Å². The van der Waals surface area contributed by atoms with E-state index in [0.717, 1.165) is 26.3 Å². The van der Waals surface area contributed by atoms with Gasteiger partial charge in [0.2, 0.25) is 0 Å². The molecule has 0 saturated carbocycles. The molecule has 10 heteroatoms. The summed E-state index contributed by atoms with van der Waals surface area (Å²) in [6.45, 7) is 2.58. The molecule has 3 aromatic rings. The van der Waals surface area contributed by atoms with Crippen LogP contribution in [0.2, 0.25) is 5.02 Å². The number of hydrogen-bond donors (Lipinski definition) is 1. The average molecular weight is 602 g/mol. The highest BCUT2D eigenvalue weighted by Gasteiger charge is 2.24. The summed E-state index contributed by atoms with van der Waals surface area (Å²) in [6.07, 6.45) is 0. The van der Waals surface area contributed by atoms with Crippen molar-refractivity contribution in [2.24, 2.45) is 0 Å². The van der Waals surface area contributed by atoms with Crippen molar-refractivity contribution in [3.8, 4) is 11.3 Å². The molecule has 168 valence electrons. The van der Waals surface area contributed by atoms with Crippen molar-refractivity contribution in [3.05, 3.63) is 66.3 Å². The van der Waals surface area contributed by atoms with E-state index < -0.39 is 11.8 Å². The van der Waals surface area contributed by atoms with Crippen LogP contribution in [0.1, 0.15) is 10.6 Å². The van der Waals surface area contributed by atoms with Gasteiger partial charge in [-0.2, -0.15) is 0 Å². The Bertz CT molecular complexity index is 1140. The van der Waals surface area contributed by atoms with Crippen LogP contribution in [0.4, 0.5) is 5.69 Å². The molecule has 0 radical (unpaired) electrons. The topological polar surface area (TPSA) is 71.5 Å². The maximum absolute atomic E-state index is 12.9. The number of carbonyl (C=O) groups is 2. The van der Waals surface area contributed by atoms with Gasteiger partial charge in [0.05, 0.1) is 23.9 Å². The number of halogens is 3. The largest absolute Gasteiger partial charge is 0.383 e. The molecule has 2 aromatic carbocycles. The van der Waals surface area contributed by atoms with Gasteiger partial charge in [0, 0.05) is 39.2 Å². The zero-order chi connectivity index (χ0) is 23.3. The lowest BCUT2D eigenvalue weighted by Crippen LogP contribution is -2.41. The van der Waals surface area contributed by atoms with Crippen molar-refractivity contribution in [2.75, 3.05) is 25.6 Å². The highest BCUT2D eigenvalue weighted by molar-refractivity contribution is 9.10. The molecular weight excluding hydrogens is 582 g/mol. The van der Waals surface area contributed by atoms with Gasteiger partial charge in [0.1, 0.15) is 5.01 Å². The number of rotatable bonds is 7. The smallest absolute Gasteiger partial charge is 0.313 e. The molecule has 2 amide bonds. The van der Waals surface area contributed by atoms with Crippen molar-refractivity contribution in [3.63, 3.8) is 0 Å². The number of nitrogens with one attached hydrogen (secondary N) is 1. The van der Waals surface area contributed by atoms with E-state index in [0.29, 0.717) is 21.8 Å². The van der Waals surface area contributed by atoms with Gasteiger partial charge in [-0.15, -0.1) is 11.3 Å². The van der Waals surface area contributed by atoms with Crippen molar-refractivity contribution in [2.45, 2.75) is 13.5 Å². The number of methoxy groups -OCH3 is 1. The highest BCUT2D eigenvalue weighted by Crippen LogP contribution is 2.29. The Morgan fingerprint density at radius 3 is 2.75 bits per heavy atom. The number of aromatic nitrogens is 1. The van der Waals surface area contributed by atoms with Gasteiger partial charge in [-0.3, -0.25) is 9.59 Å². The number of aryl methyl sites for hydroxylation is 1. The van der Waals surface area contributed by atoms with Crippen LogP contribution < -0.4 is 5.32 Å². The van der Waals surface area contributed by atoms with E-state index in [2.05, 4.69) is 42.2 Å². The van der Waals surface area contributed by atoms with Crippen LogP contribution >= 0.6 is 54.8 Å². The van der Waals surface area contributed by atoms with Crippen molar-refractivity contribution < 1.29 is 14.3 Å². The quantitative estimate of drug-likeness (QED) is 0.342. The Morgan fingerprint density at radius 2 is 2.03 bits per heavy atom. The molecule has 6 nitrogen and oxygen atoms in total. The third-order valence-corrected chi connectivity index (χ3v) is 7.08. The highest BCUT2D eigenvalue weighted by atomic mass is 79.9. The van der Waals surface area contributed by atoms with E-state index in [1.165, 1.54) is 16.2 Å².